The highest BCUT2D eigenvalue weighted by Gasteiger charge is 2.34. The normalized spacial score (nSPS) is 18.5. The van der Waals surface area contributed by atoms with Gasteiger partial charge in [-0.3, -0.25) is 0 Å². The molecule has 1 heterocycles. The summed E-state index contributed by atoms with van der Waals surface area (Å²) in [6.45, 7) is 0.302. The average molecular weight is 413 g/mol. The minimum Gasteiger partial charge on any atom is -0.316 e. The molecule has 3 rings (SSSR count). The molecule has 0 radical (unpaired) electrons. The van der Waals surface area contributed by atoms with Crippen LogP contribution in [0.1, 0.15) is 12.0 Å². The number of benzene rings is 2. The average Bonchev–Trinajstić information content (AvgIpc) is 2.96. The largest absolute Gasteiger partial charge is 0.322 e. The van der Waals surface area contributed by atoms with Crippen LogP contribution in [-0.2, 0) is 16.4 Å². The quantitative estimate of drug-likeness (QED) is 0.817. The van der Waals surface area contributed by atoms with Gasteiger partial charge in [0.2, 0.25) is 0 Å². The molecule has 2 aromatic rings. The number of hydrogen-bond acceptors (Lipinski definition) is 3. The molecule has 1 aliphatic heterocycles. The van der Waals surface area contributed by atoms with Gasteiger partial charge in [0.05, 0.1) is 11.5 Å². The second-order valence-electron chi connectivity index (χ2n) is 6.25. The van der Waals surface area contributed by atoms with Gasteiger partial charge in [0, 0.05) is 28.3 Å². The van der Waals surface area contributed by atoms with E-state index in [4.69, 9.17) is 23.2 Å². The molecule has 2 amide bonds. The monoisotopic (exact) mass is 412 g/mol. The number of carbonyl (C=O) groups excluding carboxylic acids is 1. The van der Waals surface area contributed by atoms with Crippen molar-refractivity contribution in [2.45, 2.75) is 19.0 Å². The summed E-state index contributed by atoms with van der Waals surface area (Å²) >= 11 is 11.8. The highest BCUT2D eigenvalue weighted by atomic mass is 35.5. The van der Waals surface area contributed by atoms with Gasteiger partial charge in [-0.25, -0.2) is 13.2 Å². The maximum atomic E-state index is 12.8. The van der Waals surface area contributed by atoms with Crippen molar-refractivity contribution in [1.29, 1.82) is 0 Å². The van der Waals surface area contributed by atoms with Crippen LogP contribution >= 0.6 is 23.2 Å². The lowest BCUT2D eigenvalue weighted by atomic mass is 10.1. The molecule has 2 aromatic carbocycles. The van der Waals surface area contributed by atoms with Crippen LogP contribution in [0.25, 0.3) is 0 Å². The fourth-order valence-corrected chi connectivity index (χ4v) is 4.89. The zero-order chi connectivity index (χ0) is 18.7. The van der Waals surface area contributed by atoms with Crippen molar-refractivity contribution < 1.29 is 13.2 Å². The first kappa shape index (κ1) is 19.0. The molecule has 1 unspecified atom stereocenters. The molecule has 1 atom stereocenters. The number of nitrogens with one attached hydrogen (secondary N) is 1. The van der Waals surface area contributed by atoms with Gasteiger partial charge in [0.1, 0.15) is 0 Å². The van der Waals surface area contributed by atoms with E-state index in [-0.39, 0.29) is 23.6 Å². The second-order valence-corrected chi connectivity index (χ2v) is 9.35. The Bertz CT molecular complexity index is 884. The molecular weight excluding hydrogens is 395 g/mol. The third-order valence-corrected chi connectivity index (χ3v) is 6.53. The summed E-state index contributed by atoms with van der Waals surface area (Å²) in [5, 5.41) is 3.99. The van der Waals surface area contributed by atoms with E-state index in [0.29, 0.717) is 28.7 Å². The summed E-state index contributed by atoms with van der Waals surface area (Å²) in [4.78, 5) is 14.4. The van der Waals surface area contributed by atoms with E-state index in [2.05, 4.69) is 5.32 Å². The molecule has 0 aliphatic carbocycles. The zero-order valence-corrected chi connectivity index (χ0v) is 16.2. The molecule has 1 fully saturated rings. The van der Waals surface area contributed by atoms with Gasteiger partial charge in [-0.1, -0.05) is 35.3 Å². The van der Waals surface area contributed by atoms with Crippen LogP contribution < -0.4 is 5.32 Å². The number of carbonyl (C=O) groups is 1. The maximum Gasteiger partial charge on any atom is 0.322 e. The number of anilines is 1. The van der Waals surface area contributed by atoms with E-state index < -0.39 is 9.84 Å². The molecule has 1 N–H and O–H groups in total. The van der Waals surface area contributed by atoms with Gasteiger partial charge < -0.3 is 10.2 Å². The Morgan fingerprint density at radius 2 is 1.62 bits per heavy atom. The minimum absolute atomic E-state index is 0.0192. The molecule has 8 heteroatoms. The van der Waals surface area contributed by atoms with E-state index in [0.717, 1.165) is 5.56 Å². The van der Waals surface area contributed by atoms with Crippen LogP contribution in [0, 0.1) is 0 Å². The van der Waals surface area contributed by atoms with Gasteiger partial charge in [-0.15, -0.1) is 0 Å². The van der Waals surface area contributed by atoms with E-state index in [1.54, 1.807) is 41.3 Å². The van der Waals surface area contributed by atoms with Crippen molar-refractivity contribution in [1.82, 2.24) is 4.90 Å². The Kier molecular flexibility index (Phi) is 5.75. The number of hydrogen-bond donors (Lipinski definition) is 1. The Morgan fingerprint density at radius 1 is 1.04 bits per heavy atom. The summed E-state index contributed by atoms with van der Waals surface area (Å²) in [6.07, 6.45) is 0.434. The van der Waals surface area contributed by atoms with E-state index in [1.165, 1.54) is 0 Å². The Morgan fingerprint density at radius 3 is 2.15 bits per heavy atom. The predicted octanol–water partition coefficient (Wildman–Crippen LogP) is 4.21. The number of urea groups is 1. The molecule has 5 nitrogen and oxygen atoms in total. The van der Waals surface area contributed by atoms with Gasteiger partial charge in [0.15, 0.2) is 9.84 Å². The predicted molar refractivity (Wildman–Crippen MR) is 105 cm³/mol. The maximum absolute atomic E-state index is 12.8. The topological polar surface area (TPSA) is 66.5 Å². The van der Waals surface area contributed by atoms with Crippen LogP contribution in [0.2, 0.25) is 10.0 Å². The number of sulfone groups is 1. The van der Waals surface area contributed by atoms with Crippen molar-refractivity contribution >= 4 is 44.8 Å². The van der Waals surface area contributed by atoms with Gasteiger partial charge in [-0.2, -0.15) is 0 Å². The summed E-state index contributed by atoms with van der Waals surface area (Å²) in [6, 6.07) is 13.2. The van der Waals surface area contributed by atoms with Gasteiger partial charge in [0.25, 0.3) is 0 Å². The van der Waals surface area contributed by atoms with E-state index >= 15 is 0 Å². The van der Waals surface area contributed by atoms with Gasteiger partial charge in [-0.05, 0) is 48.4 Å². The molecule has 1 aliphatic rings. The lowest BCUT2D eigenvalue weighted by Gasteiger charge is -2.28. The molecule has 26 heavy (non-hydrogen) atoms. The number of nitrogens with zero attached hydrogens (tertiary/aromatic N) is 1. The number of halogens is 2. The van der Waals surface area contributed by atoms with Crippen molar-refractivity contribution in [3.05, 3.63) is 64.1 Å². The molecule has 0 bridgehead atoms. The summed E-state index contributed by atoms with van der Waals surface area (Å²) < 4.78 is 23.7. The molecule has 0 spiro atoms. The first-order chi connectivity index (χ1) is 12.3. The smallest absolute Gasteiger partial charge is 0.316 e. The minimum atomic E-state index is -3.11. The highest BCUT2D eigenvalue weighted by molar-refractivity contribution is 7.91. The summed E-state index contributed by atoms with van der Waals surface area (Å²) in [5.41, 5.74) is 1.48. The summed E-state index contributed by atoms with van der Waals surface area (Å²) in [7, 11) is -3.11. The molecule has 0 aromatic heterocycles. The Hall–Kier alpha value is -1.76. The standard InChI is InChI=1S/C18H18Cl2N2O3S/c19-14-3-1-13(2-4-14)11-22(17-9-10-26(24,25)12-17)18(23)21-16-7-5-15(20)6-8-16/h1-8,17H,9-12H2,(H,21,23). The van der Waals surface area contributed by atoms with Crippen LogP contribution in [0.4, 0.5) is 10.5 Å². The van der Waals surface area contributed by atoms with Crippen LogP contribution in [0.3, 0.4) is 0 Å². The lowest BCUT2D eigenvalue weighted by molar-refractivity contribution is 0.190. The summed E-state index contributed by atoms with van der Waals surface area (Å²) in [5.74, 6) is 0.0810. The number of rotatable bonds is 4. The number of amides is 2. The second kappa shape index (κ2) is 7.86. The first-order valence-corrected chi connectivity index (χ1v) is 10.7. The van der Waals surface area contributed by atoms with Gasteiger partial charge >= 0.3 is 6.03 Å². The first-order valence-electron chi connectivity index (χ1n) is 8.10. The van der Waals surface area contributed by atoms with E-state index in [9.17, 15) is 13.2 Å². The Labute approximate surface area is 162 Å². The van der Waals surface area contributed by atoms with Crippen LogP contribution in [0.5, 0.6) is 0 Å². The molecule has 0 saturated carbocycles. The lowest BCUT2D eigenvalue weighted by Crippen LogP contribution is -2.43. The third kappa shape index (κ3) is 4.90. The molecule has 1 saturated heterocycles. The van der Waals surface area contributed by atoms with Crippen molar-refractivity contribution in [2.75, 3.05) is 16.8 Å². The molecule has 138 valence electrons. The molecular formula is C18H18Cl2N2O3S. The Balaban J connectivity index is 1.80. The zero-order valence-electron chi connectivity index (χ0n) is 13.9. The SMILES string of the molecule is O=C(Nc1ccc(Cl)cc1)N(Cc1ccc(Cl)cc1)C1CCS(=O)(=O)C1. The van der Waals surface area contributed by atoms with Crippen molar-refractivity contribution in [3.8, 4) is 0 Å². The van der Waals surface area contributed by atoms with Crippen molar-refractivity contribution in [2.24, 2.45) is 0 Å². The van der Waals surface area contributed by atoms with Crippen molar-refractivity contribution in [3.63, 3.8) is 0 Å². The van der Waals surface area contributed by atoms with E-state index in [1.807, 2.05) is 12.1 Å². The van der Waals surface area contributed by atoms with Crippen LogP contribution in [-0.4, -0.2) is 36.9 Å². The fourth-order valence-electron chi connectivity index (χ4n) is 2.90. The van der Waals surface area contributed by atoms with Crippen LogP contribution in [0.15, 0.2) is 48.5 Å². The highest BCUT2D eigenvalue weighted by Crippen LogP contribution is 2.22. The fraction of sp³-hybridized carbons (Fsp3) is 0.278. The third-order valence-electron chi connectivity index (χ3n) is 4.27.